The number of carbonyl (C=O) groups excluding carboxylic acids is 2. The molecular weight excluding hydrogens is 537 g/mol. The SMILES string of the molecule is CCOc1ccc2nc(-c3ccc(CC)nc3)c(C(=O)NC3N=C(c4ccccc4)c4cccc(F)c4NC3=O)n2n1. The van der Waals surface area contributed by atoms with Gasteiger partial charge < -0.3 is 15.4 Å². The number of rotatable bonds is 7. The Labute approximate surface area is 240 Å². The van der Waals surface area contributed by atoms with E-state index in [0.717, 1.165) is 12.1 Å². The van der Waals surface area contributed by atoms with Gasteiger partial charge >= 0.3 is 0 Å². The molecule has 4 heterocycles. The summed E-state index contributed by atoms with van der Waals surface area (Å²) in [4.78, 5) is 41.1. The largest absolute Gasteiger partial charge is 0.477 e. The lowest BCUT2D eigenvalue weighted by Crippen LogP contribution is -2.43. The molecule has 0 saturated carbocycles. The van der Waals surface area contributed by atoms with E-state index in [4.69, 9.17) is 4.74 Å². The number of nitrogens with zero attached hydrogens (tertiary/aromatic N) is 5. The molecule has 1 unspecified atom stereocenters. The number of halogens is 1. The molecule has 5 aromatic rings. The summed E-state index contributed by atoms with van der Waals surface area (Å²) >= 11 is 0. The first-order valence-corrected chi connectivity index (χ1v) is 13.5. The van der Waals surface area contributed by atoms with Gasteiger partial charge in [0.2, 0.25) is 12.0 Å². The second-order valence-corrected chi connectivity index (χ2v) is 9.45. The minimum atomic E-state index is -1.39. The van der Waals surface area contributed by atoms with Crippen LogP contribution in [0, 0.1) is 5.82 Å². The van der Waals surface area contributed by atoms with Crippen molar-refractivity contribution in [2.24, 2.45) is 4.99 Å². The van der Waals surface area contributed by atoms with Crippen LogP contribution >= 0.6 is 0 Å². The Morgan fingerprint density at radius 1 is 1.02 bits per heavy atom. The van der Waals surface area contributed by atoms with Gasteiger partial charge in [0.25, 0.3) is 11.8 Å². The number of nitrogens with one attached hydrogen (secondary N) is 2. The first kappa shape index (κ1) is 26.8. The number of para-hydroxylation sites is 1. The molecular formula is C31H26FN7O3. The number of ether oxygens (including phenoxy) is 1. The number of benzene rings is 2. The summed E-state index contributed by atoms with van der Waals surface area (Å²) in [5.41, 5.74) is 3.64. The molecule has 0 aliphatic carbocycles. The zero-order chi connectivity index (χ0) is 29.2. The number of amides is 2. The van der Waals surface area contributed by atoms with Gasteiger partial charge in [-0.15, -0.1) is 5.10 Å². The zero-order valence-corrected chi connectivity index (χ0v) is 22.8. The smallest absolute Gasteiger partial charge is 0.274 e. The maximum Gasteiger partial charge on any atom is 0.274 e. The Morgan fingerprint density at radius 3 is 2.60 bits per heavy atom. The average Bonchev–Trinajstić information content (AvgIpc) is 3.33. The third kappa shape index (κ3) is 4.96. The van der Waals surface area contributed by atoms with Crippen molar-refractivity contribution in [2.75, 3.05) is 11.9 Å². The van der Waals surface area contributed by atoms with E-state index in [1.807, 2.05) is 44.2 Å². The monoisotopic (exact) mass is 563 g/mol. The van der Waals surface area contributed by atoms with Crippen LogP contribution in [0.4, 0.5) is 10.1 Å². The van der Waals surface area contributed by atoms with Gasteiger partial charge in [-0.1, -0.05) is 49.4 Å². The van der Waals surface area contributed by atoms with E-state index in [9.17, 15) is 14.0 Å². The van der Waals surface area contributed by atoms with Crippen LogP contribution in [-0.2, 0) is 11.2 Å². The van der Waals surface area contributed by atoms with Crippen molar-refractivity contribution >= 4 is 28.9 Å². The summed E-state index contributed by atoms with van der Waals surface area (Å²) in [7, 11) is 0. The van der Waals surface area contributed by atoms with Crippen LogP contribution < -0.4 is 15.4 Å². The van der Waals surface area contributed by atoms with Gasteiger partial charge in [-0.2, -0.15) is 0 Å². The molecule has 2 amide bonds. The Kier molecular flexibility index (Phi) is 7.14. The minimum absolute atomic E-state index is 0.0116. The summed E-state index contributed by atoms with van der Waals surface area (Å²) in [6.07, 6.45) is 0.998. The van der Waals surface area contributed by atoms with Crippen molar-refractivity contribution in [2.45, 2.75) is 26.4 Å². The van der Waals surface area contributed by atoms with E-state index in [1.54, 1.807) is 42.6 Å². The first-order chi connectivity index (χ1) is 20.5. The minimum Gasteiger partial charge on any atom is -0.477 e. The summed E-state index contributed by atoms with van der Waals surface area (Å²) in [5.74, 6) is -1.69. The van der Waals surface area contributed by atoms with Gasteiger partial charge in [0, 0.05) is 34.6 Å². The van der Waals surface area contributed by atoms with Crippen molar-refractivity contribution in [3.8, 4) is 17.1 Å². The molecule has 11 heteroatoms. The molecule has 3 aromatic heterocycles. The standard InChI is InChI=1S/C31H26FN7O3/c1-3-20-14-13-19(17-33-20)26-28(39-23(34-26)15-16-24(38-39)42-4-2)30(40)37-29-31(41)36-27-21(11-8-12-22(27)32)25(35-29)18-9-6-5-7-10-18/h5-17,29H,3-4H2,1-2H3,(H,36,41)(H,37,40). The molecule has 1 aliphatic heterocycles. The molecule has 0 fully saturated rings. The molecule has 2 aromatic carbocycles. The number of aromatic nitrogens is 4. The van der Waals surface area contributed by atoms with Gasteiger partial charge in [0.1, 0.15) is 11.5 Å². The third-order valence-electron chi connectivity index (χ3n) is 6.76. The van der Waals surface area contributed by atoms with E-state index >= 15 is 0 Å². The number of hydrogen-bond acceptors (Lipinski definition) is 7. The fourth-order valence-corrected chi connectivity index (χ4v) is 4.73. The molecule has 0 radical (unpaired) electrons. The van der Waals surface area contributed by atoms with Crippen LogP contribution in [-0.4, -0.2) is 49.9 Å². The number of aryl methyl sites for hydroxylation is 1. The number of anilines is 1. The summed E-state index contributed by atoms with van der Waals surface area (Å²) in [6.45, 7) is 4.20. The maximum atomic E-state index is 14.9. The van der Waals surface area contributed by atoms with E-state index in [2.05, 4.69) is 30.7 Å². The fraction of sp³-hybridized carbons (Fsp3) is 0.161. The highest BCUT2D eigenvalue weighted by Crippen LogP contribution is 2.28. The van der Waals surface area contributed by atoms with Gasteiger partial charge in [0.15, 0.2) is 11.3 Å². The predicted octanol–water partition coefficient (Wildman–Crippen LogP) is 4.44. The van der Waals surface area contributed by atoms with Crippen LogP contribution in [0.5, 0.6) is 5.88 Å². The second-order valence-electron chi connectivity index (χ2n) is 9.45. The van der Waals surface area contributed by atoms with Crippen LogP contribution in [0.2, 0.25) is 0 Å². The van der Waals surface area contributed by atoms with Crippen molar-refractivity contribution in [3.63, 3.8) is 0 Å². The number of aliphatic imine (C=N–C) groups is 1. The highest BCUT2D eigenvalue weighted by Gasteiger charge is 2.31. The molecule has 1 aliphatic rings. The van der Waals surface area contributed by atoms with Crippen molar-refractivity contribution in [3.05, 3.63) is 107 Å². The fourth-order valence-electron chi connectivity index (χ4n) is 4.73. The number of carbonyl (C=O) groups is 2. The highest BCUT2D eigenvalue weighted by molar-refractivity contribution is 6.20. The number of pyridine rings is 1. The first-order valence-electron chi connectivity index (χ1n) is 13.5. The van der Waals surface area contributed by atoms with Gasteiger partial charge in [-0.25, -0.2) is 18.9 Å². The van der Waals surface area contributed by atoms with Crippen LogP contribution in [0.3, 0.4) is 0 Å². The van der Waals surface area contributed by atoms with E-state index < -0.39 is 23.8 Å². The number of imidazole rings is 1. The molecule has 42 heavy (non-hydrogen) atoms. The molecule has 210 valence electrons. The van der Waals surface area contributed by atoms with Crippen molar-refractivity contribution < 1.29 is 18.7 Å². The summed E-state index contributed by atoms with van der Waals surface area (Å²) in [6, 6.07) is 20.6. The Hall–Kier alpha value is -5.45. The van der Waals surface area contributed by atoms with Crippen LogP contribution in [0.25, 0.3) is 16.9 Å². The molecule has 10 nitrogen and oxygen atoms in total. The number of fused-ring (bicyclic) bond motifs is 2. The molecule has 1 atom stereocenters. The summed E-state index contributed by atoms with van der Waals surface area (Å²) < 4.78 is 21.8. The Bertz CT molecular complexity index is 1840. The number of hydrogen-bond donors (Lipinski definition) is 2. The highest BCUT2D eigenvalue weighted by atomic mass is 19.1. The summed E-state index contributed by atoms with van der Waals surface area (Å²) in [5, 5.41) is 9.79. The van der Waals surface area contributed by atoms with E-state index in [-0.39, 0.29) is 11.4 Å². The van der Waals surface area contributed by atoms with Crippen LogP contribution in [0.1, 0.15) is 41.2 Å². The van der Waals surface area contributed by atoms with Gasteiger partial charge in [-0.3, -0.25) is 14.6 Å². The van der Waals surface area contributed by atoms with E-state index in [1.165, 1.54) is 10.6 Å². The molecule has 0 bridgehead atoms. The second kappa shape index (κ2) is 11.2. The van der Waals surface area contributed by atoms with Crippen molar-refractivity contribution in [1.29, 1.82) is 0 Å². The normalized spacial score (nSPS) is 14.5. The Morgan fingerprint density at radius 2 is 1.86 bits per heavy atom. The zero-order valence-electron chi connectivity index (χ0n) is 22.8. The molecule has 0 spiro atoms. The predicted molar refractivity (Wildman–Crippen MR) is 155 cm³/mol. The lowest BCUT2D eigenvalue weighted by Gasteiger charge is -2.14. The lowest BCUT2D eigenvalue weighted by molar-refractivity contribution is -0.117. The molecule has 2 N–H and O–H groups in total. The average molecular weight is 564 g/mol. The van der Waals surface area contributed by atoms with Gasteiger partial charge in [0.05, 0.1) is 18.0 Å². The van der Waals surface area contributed by atoms with E-state index in [0.29, 0.717) is 46.2 Å². The van der Waals surface area contributed by atoms with Crippen LogP contribution in [0.15, 0.2) is 84.0 Å². The molecule has 0 saturated heterocycles. The quantitative estimate of drug-likeness (QED) is 0.302. The van der Waals surface area contributed by atoms with Crippen molar-refractivity contribution in [1.82, 2.24) is 24.9 Å². The topological polar surface area (TPSA) is 123 Å². The van der Waals surface area contributed by atoms with Gasteiger partial charge in [-0.05, 0) is 37.6 Å². The number of benzodiazepines with no additional fused rings is 1. The Balaban J connectivity index is 1.46. The maximum absolute atomic E-state index is 14.9. The lowest BCUT2D eigenvalue weighted by atomic mass is 10.0. The third-order valence-corrected chi connectivity index (χ3v) is 6.76. The molecule has 6 rings (SSSR count).